The third-order valence-electron chi connectivity index (χ3n) is 14.0. The van der Waals surface area contributed by atoms with Gasteiger partial charge in [0.25, 0.3) is 11.8 Å². The van der Waals surface area contributed by atoms with Crippen LogP contribution in [0.1, 0.15) is 81.8 Å². The Balaban J connectivity index is 1.15. The van der Waals surface area contributed by atoms with Crippen LogP contribution in [0, 0.1) is 22.2 Å². The Labute approximate surface area is 309 Å². The van der Waals surface area contributed by atoms with Crippen molar-refractivity contribution in [3.63, 3.8) is 0 Å². The van der Waals surface area contributed by atoms with Crippen molar-refractivity contribution in [2.75, 3.05) is 7.05 Å². The number of aryl methyl sites for hydroxylation is 3. The van der Waals surface area contributed by atoms with Gasteiger partial charge in [0.05, 0.1) is 17.7 Å². The summed E-state index contributed by atoms with van der Waals surface area (Å²) in [5, 5.41) is 10.1. The van der Waals surface area contributed by atoms with E-state index in [0.29, 0.717) is 37.7 Å². The lowest BCUT2D eigenvalue weighted by atomic mass is 9.63. The van der Waals surface area contributed by atoms with Crippen LogP contribution in [0.4, 0.5) is 0 Å². The summed E-state index contributed by atoms with van der Waals surface area (Å²) in [5.74, 6) is 0.106. The molecule has 0 saturated carbocycles. The third kappa shape index (κ3) is 3.96. The SMILES string of the molecule is CN1C(=O)C2(N=C1N)c1ccccc1CC21CCc2ccccc2C(N2C(=O)C3(N=C2N)c2cc(C#N)ccc2CC32CCc3ccccc3CC2)C1. The number of amides is 2. The van der Waals surface area contributed by atoms with Crippen molar-refractivity contribution in [2.24, 2.45) is 32.3 Å². The molecule has 4 N–H and O–H groups in total. The topological polar surface area (TPSA) is 141 Å². The predicted molar refractivity (Wildman–Crippen MR) is 201 cm³/mol. The Bertz CT molecular complexity index is 2370. The fraction of sp³-hybridized carbons (Fsp3) is 0.341. The number of carbonyl (C=O) groups excluding carboxylic acids is 2. The normalized spacial score (nSPS) is 29.1. The first-order valence-electron chi connectivity index (χ1n) is 18.8. The summed E-state index contributed by atoms with van der Waals surface area (Å²) in [6, 6.07) is 32.5. The van der Waals surface area contributed by atoms with Gasteiger partial charge in [0.1, 0.15) is 0 Å². The third-order valence-corrected chi connectivity index (χ3v) is 14.0. The number of fused-ring (bicyclic) bond motifs is 8. The Kier molecular flexibility index (Phi) is 6.56. The van der Waals surface area contributed by atoms with E-state index in [9.17, 15) is 10.1 Å². The molecule has 9 nitrogen and oxygen atoms in total. The minimum absolute atomic E-state index is 0.138. The van der Waals surface area contributed by atoms with Crippen LogP contribution in [0.15, 0.2) is 101 Å². The van der Waals surface area contributed by atoms with Crippen LogP contribution < -0.4 is 11.5 Å². The zero-order valence-electron chi connectivity index (χ0n) is 29.8. The van der Waals surface area contributed by atoms with E-state index in [4.69, 9.17) is 21.5 Å². The van der Waals surface area contributed by atoms with Crippen LogP contribution in [0.2, 0.25) is 0 Å². The molecule has 0 radical (unpaired) electrons. The molecule has 4 unspecified atom stereocenters. The average Bonchev–Trinajstić information content (AvgIpc) is 3.68. The fourth-order valence-corrected chi connectivity index (χ4v) is 11.5. The van der Waals surface area contributed by atoms with Gasteiger partial charge in [-0.1, -0.05) is 78.9 Å². The zero-order chi connectivity index (χ0) is 36.3. The van der Waals surface area contributed by atoms with Crippen molar-refractivity contribution in [2.45, 2.75) is 74.9 Å². The van der Waals surface area contributed by atoms with Crippen molar-refractivity contribution in [1.29, 1.82) is 5.26 Å². The zero-order valence-corrected chi connectivity index (χ0v) is 29.8. The molecule has 0 aromatic heterocycles. The van der Waals surface area contributed by atoms with E-state index in [1.54, 1.807) is 11.9 Å². The summed E-state index contributed by atoms with van der Waals surface area (Å²) in [7, 11) is 1.70. The number of hydrogen-bond acceptors (Lipinski definition) is 7. The van der Waals surface area contributed by atoms with Crippen molar-refractivity contribution in [3.05, 3.63) is 141 Å². The van der Waals surface area contributed by atoms with Crippen LogP contribution in [0.3, 0.4) is 0 Å². The predicted octanol–water partition coefficient (Wildman–Crippen LogP) is 5.33. The van der Waals surface area contributed by atoms with Gasteiger partial charge in [-0.3, -0.25) is 19.4 Å². The Hall–Kier alpha value is -5.75. The summed E-state index contributed by atoms with van der Waals surface area (Å²) >= 11 is 0. The van der Waals surface area contributed by atoms with E-state index < -0.39 is 27.9 Å². The number of nitriles is 1. The minimum Gasteiger partial charge on any atom is -0.369 e. The van der Waals surface area contributed by atoms with Gasteiger partial charge < -0.3 is 11.5 Å². The smallest absolute Gasteiger partial charge is 0.263 e. The molecular formula is C44H41N7O2. The summed E-state index contributed by atoms with van der Waals surface area (Å²) in [6.45, 7) is 0. The number of rotatable bonds is 1. The average molecular weight is 700 g/mol. The van der Waals surface area contributed by atoms with Crippen molar-refractivity contribution >= 4 is 23.7 Å². The highest BCUT2D eigenvalue weighted by Crippen LogP contribution is 2.65. The number of guanidine groups is 2. The minimum atomic E-state index is -1.29. The second-order valence-electron chi connectivity index (χ2n) is 16.1. The Morgan fingerprint density at radius 2 is 1.25 bits per heavy atom. The number of nitrogens with zero attached hydrogens (tertiary/aromatic N) is 5. The number of hydrogen-bond donors (Lipinski definition) is 2. The summed E-state index contributed by atoms with van der Waals surface area (Å²) < 4.78 is 0. The molecule has 4 aromatic carbocycles. The molecule has 10 rings (SSSR count). The van der Waals surface area contributed by atoms with Crippen LogP contribution in [0.5, 0.6) is 0 Å². The van der Waals surface area contributed by atoms with Crippen LogP contribution in [-0.2, 0) is 52.8 Å². The number of carbonyl (C=O) groups is 2. The van der Waals surface area contributed by atoms with Crippen LogP contribution in [0.25, 0.3) is 0 Å². The Morgan fingerprint density at radius 3 is 1.94 bits per heavy atom. The fourth-order valence-electron chi connectivity index (χ4n) is 11.5. The molecule has 4 aliphatic carbocycles. The molecule has 4 aromatic rings. The largest absolute Gasteiger partial charge is 0.369 e. The maximum atomic E-state index is 16.0. The molecule has 2 amide bonds. The molecule has 0 bridgehead atoms. The molecule has 53 heavy (non-hydrogen) atoms. The van der Waals surface area contributed by atoms with E-state index in [1.165, 1.54) is 16.0 Å². The second kappa shape index (κ2) is 10.9. The monoisotopic (exact) mass is 699 g/mol. The van der Waals surface area contributed by atoms with E-state index >= 15 is 4.79 Å². The molecule has 4 atom stereocenters. The summed E-state index contributed by atoms with van der Waals surface area (Å²) in [5.41, 5.74) is 18.9. The first-order chi connectivity index (χ1) is 25.7. The standard InChI is InChI=1S/C44H41N7O2/c1-50-37(52)43(48-39(50)46)34-13-7-5-11-31(34)24-42(43)21-18-30-10-4-6-12-33(30)36(25-42)51-38(53)44(49-40(51)47)35-22-27(26-45)14-15-32(35)23-41(44)19-16-28-8-2-3-9-29(28)17-20-41/h2-15,22,36H,16-21,23-25H2,1H3,(H2,46,48)(H2,47,49). The van der Waals surface area contributed by atoms with Crippen LogP contribution >= 0.6 is 0 Å². The van der Waals surface area contributed by atoms with Gasteiger partial charge >= 0.3 is 0 Å². The number of nitrogens with two attached hydrogens (primary N) is 2. The van der Waals surface area contributed by atoms with Crippen molar-refractivity contribution in [1.82, 2.24) is 9.80 Å². The second-order valence-corrected chi connectivity index (χ2v) is 16.1. The molecule has 4 spiro atoms. The van der Waals surface area contributed by atoms with Crippen molar-refractivity contribution < 1.29 is 9.59 Å². The quantitative estimate of drug-likeness (QED) is 0.276. The van der Waals surface area contributed by atoms with Gasteiger partial charge in [0.2, 0.25) is 0 Å². The van der Waals surface area contributed by atoms with Gasteiger partial charge in [-0.25, -0.2) is 9.98 Å². The highest BCUT2D eigenvalue weighted by atomic mass is 16.2. The molecule has 6 aliphatic rings. The lowest BCUT2D eigenvalue weighted by Crippen LogP contribution is -2.54. The van der Waals surface area contributed by atoms with E-state index in [0.717, 1.165) is 59.1 Å². The molecule has 9 heteroatoms. The highest BCUT2D eigenvalue weighted by molar-refractivity contribution is 6.10. The maximum absolute atomic E-state index is 16.0. The first kappa shape index (κ1) is 31.9. The van der Waals surface area contributed by atoms with Gasteiger partial charge in [0, 0.05) is 17.9 Å². The number of aliphatic imine (C=N–C) groups is 2. The van der Waals surface area contributed by atoms with Crippen molar-refractivity contribution in [3.8, 4) is 6.07 Å². The lowest BCUT2D eigenvalue weighted by molar-refractivity contribution is -0.139. The maximum Gasteiger partial charge on any atom is 0.263 e. The number of benzene rings is 4. The summed E-state index contributed by atoms with van der Waals surface area (Å²) in [4.78, 5) is 44.4. The molecule has 0 saturated heterocycles. The molecule has 2 aliphatic heterocycles. The Morgan fingerprint density at radius 1 is 0.679 bits per heavy atom. The highest BCUT2D eigenvalue weighted by Gasteiger charge is 2.70. The van der Waals surface area contributed by atoms with E-state index in [-0.39, 0.29) is 23.7 Å². The van der Waals surface area contributed by atoms with Crippen LogP contribution in [-0.4, -0.2) is 40.6 Å². The first-order valence-corrected chi connectivity index (χ1v) is 18.8. The van der Waals surface area contributed by atoms with Gasteiger partial charge in [0.15, 0.2) is 23.0 Å². The summed E-state index contributed by atoms with van der Waals surface area (Å²) in [6.07, 6.45) is 6.28. The molecular weight excluding hydrogens is 659 g/mol. The van der Waals surface area contributed by atoms with E-state index in [2.05, 4.69) is 48.5 Å². The van der Waals surface area contributed by atoms with Gasteiger partial charge in [-0.05, 0) is 114 Å². The molecule has 264 valence electrons. The lowest BCUT2D eigenvalue weighted by Gasteiger charge is -2.44. The van der Waals surface area contributed by atoms with Gasteiger partial charge in [-0.2, -0.15) is 5.26 Å². The molecule has 0 fully saturated rings. The molecule has 2 heterocycles. The van der Waals surface area contributed by atoms with Gasteiger partial charge in [-0.15, -0.1) is 0 Å². The van der Waals surface area contributed by atoms with E-state index in [1.807, 2.05) is 48.5 Å². The number of likely N-dealkylation sites (N-methyl/N-ethyl adjacent to an activating group) is 1.